The Morgan fingerprint density at radius 1 is 1.00 bits per heavy atom. The number of imide groups is 1. The normalized spacial score (nSPS) is 21.1. The van der Waals surface area contributed by atoms with E-state index in [4.69, 9.17) is 0 Å². The second kappa shape index (κ2) is 8.42. The lowest BCUT2D eigenvalue weighted by atomic mass is 9.85. The van der Waals surface area contributed by atoms with Gasteiger partial charge in [-0.2, -0.15) is 0 Å². The first-order valence-electron chi connectivity index (χ1n) is 10.9. The summed E-state index contributed by atoms with van der Waals surface area (Å²) in [7, 11) is 0. The first kappa shape index (κ1) is 20.2. The highest BCUT2D eigenvalue weighted by Crippen LogP contribution is 2.34. The molecule has 1 aliphatic carbocycles. The molecule has 2 aromatic carbocycles. The molecule has 162 valence electrons. The van der Waals surface area contributed by atoms with Gasteiger partial charge in [-0.05, 0) is 37.0 Å². The van der Waals surface area contributed by atoms with Crippen LogP contribution >= 0.6 is 0 Å². The van der Waals surface area contributed by atoms with E-state index in [-0.39, 0.29) is 36.1 Å². The summed E-state index contributed by atoms with van der Waals surface area (Å²) in [5, 5.41) is 3.00. The topological polar surface area (TPSA) is 95.2 Å². The number of likely N-dealkylation sites (tertiary alicyclic amines) is 1. The zero-order valence-corrected chi connectivity index (χ0v) is 17.5. The highest BCUT2D eigenvalue weighted by molar-refractivity contribution is 6.07. The number of aromatic amines is 1. The van der Waals surface area contributed by atoms with Crippen LogP contribution in [0, 0.1) is 11.8 Å². The van der Waals surface area contributed by atoms with E-state index in [0.717, 1.165) is 21.5 Å². The number of rotatable bonds is 6. The van der Waals surface area contributed by atoms with Crippen LogP contribution in [-0.4, -0.2) is 39.1 Å². The van der Waals surface area contributed by atoms with Gasteiger partial charge in [-0.1, -0.05) is 54.6 Å². The molecule has 1 saturated heterocycles. The predicted molar refractivity (Wildman–Crippen MR) is 119 cm³/mol. The molecule has 0 radical (unpaired) electrons. The van der Waals surface area contributed by atoms with Crippen molar-refractivity contribution in [2.24, 2.45) is 11.8 Å². The van der Waals surface area contributed by atoms with Crippen molar-refractivity contribution in [2.45, 2.75) is 25.3 Å². The van der Waals surface area contributed by atoms with Gasteiger partial charge in [0.2, 0.25) is 17.7 Å². The van der Waals surface area contributed by atoms with E-state index >= 15 is 0 Å². The zero-order valence-electron chi connectivity index (χ0n) is 17.5. The number of allylic oxidation sites excluding steroid dienone is 2. The fraction of sp³-hybridized carbons (Fsp3) is 0.280. The van der Waals surface area contributed by atoms with Crippen molar-refractivity contribution in [3.63, 3.8) is 0 Å². The summed E-state index contributed by atoms with van der Waals surface area (Å²) < 4.78 is 0. The molecule has 0 bridgehead atoms. The maximum atomic E-state index is 13.0. The van der Waals surface area contributed by atoms with Crippen molar-refractivity contribution in [1.82, 2.24) is 20.2 Å². The van der Waals surface area contributed by atoms with Crippen LogP contribution in [-0.2, 0) is 20.8 Å². The highest BCUT2D eigenvalue weighted by Gasteiger charge is 2.47. The van der Waals surface area contributed by atoms with Gasteiger partial charge < -0.3 is 10.3 Å². The van der Waals surface area contributed by atoms with Gasteiger partial charge in [0, 0.05) is 0 Å². The molecule has 7 nitrogen and oxygen atoms in total. The van der Waals surface area contributed by atoms with E-state index in [1.807, 2.05) is 66.7 Å². The van der Waals surface area contributed by atoms with E-state index in [0.29, 0.717) is 25.1 Å². The van der Waals surface area contributed by atoms with E-state index in [1.54, 1.807) is 0 Å². The molecule has 3 aromatic rings. The first-order valence-corrected chi connectivity index (χ1v) is 10.9. The van der Waals surface area contributed by atoms with Gasteiger partial charge in [0.1, 0.15) is 12.4 Å². The molecular weight excluding hydrogens is 404 g/mol. The van der Waals surface area contributed by atoms with Crippen molar-refractivity contribution in [2.75, 3.05) is 6.54 Å². The minimum Gasteiger partial charge on any atom is -0.344 e. The van der Waals surface area contributed by atoms with Crippen LogP contribution in [0.1, 0.15) is 30.3 Å². The van der Waals surface area contributed by atoms with Crippen molar-refractivity contribution >= 4 is 28.8 Å². The number of H-pyrrole nitrogens is 1. The smallest absolute Gasteiger partial charge is 0.240 e. The summed E-state index contributed by atoms with van der Waals surface area (Å²) in [4.78, 5) is 47.5. The Morgan fingerprint density at radius 2 is 1.66 bits per heavy atom. The molecule has 5 rings (SSSR count). The number of aromatic nitrogens is 2. The quantitative estimate of drug-likeness (QED) is 0.466. The molecule has 2 N–H and O–H groups in total. The van der Waals surface area contributed by atoms with Gasteiger partial charge in [-0.15, -0.1) is 0 Å². The number of hydrogen-bond acceptors (Lipinski definition) is 4. The number of nitrogens with zero attached hydrogens (tertiary/aromatic N) is 2. The monoisotopic (exact) mass is 428 g/mol. The SMILES string of the molecule is O=C(CN1C(=O)[C@H]2CC=CC[C@@H]2C1=O)N[C@@H](Cc1ccccc1)c1nc2ccccc2[nH]1. The molecule has 0 unspecified atom stereocenters. The van der Waals surface area contributed by atoms with Gasteiger partial charge in [0.25, 0.3) is 0 Å². The summed E-state index contributed by atoms with van der Waals surface area (Å²) in [6.07, 6.45) is 5.52. The summed E-state index contributed by atoms with van der Waals surface area (Å²) in [6.45, 7) is -0.268. The maximum absolute atomic E-state index is 13.0. The predicted octanol–water partition coefficient (Wildman–Crippen LogP) is 2.91. The molecule has 3 atom stereocenters. The molecule has 7 heteroatoms. The second-order valence-corrected chi connectivity index (χ2v) is 8.37. The number of hydrogen-bond donors (Lipinski definition) is 2. The van der Waals surface area contributed by atoms with Crippen LogP contribution < -0.4 is 5.32 Å². The average Bonchev–Trinajstić information content (AvgIpc) is 3.35. The van der Waals surface area contributed by atoms with Gasteiger partial charge in [0.05, 0.1) is 28.9 Å². The van der Waals surface area contributed by atoms with Crippen LogP contribution in [0.25, 0.3) is 11.0 Å². The summed E-state index contributed by atoms with van der Waals surface area (Å²) in [6, 6.07) is 17.1. The molecule has 0 saturated carbocycles. The Kier molecular flexibility index (Phi) is 5.31. The van der Waals surface area contributed by atoms with Gasteiger partial charge in [-0.25, -0.2) is 4.98 Å². The minimum absolute atomic E-state index is 0.247. The van der Waals surface area contributed by atoms with Crippen molar-refractivity contribution in [3.05, 3.63) is 78.1 Å². The number of carbonyl (C=O) groups excluding carboxylic acids is 3. The molecule has 0 spiro atoms. The van der Waals surface area contributed by atoms with Crippen molar-refractivity contribution in [3.8, 4) is 0 Å². The Balaban J connectivity index is 1.35. The summed E-state index contributed by atoms with van der Waals surface area (Å²) in [5.74, 6) is -0.905. The van der Waals surface area contributed by atoms with Crippen molar-refractivity contribution < 1.29 is 14.4 Å². The van der Waals surface area contributed by atoms with E-state index in [1.165, 1.54) is 0 Å². The van der Waals surface area contributed by atoms with Crippen LogP contribution in [0.3, 0.4) is 0 Å². The largest absolute Gasteiger partial charge is 0.344 e. The molecule has 32 heavy (non-hydrogen) atoms. The lowest BCUT2D eigenvalue weighted by Gasteiger charge is -2.20. The standard InChI is InChI=1S/C25H24N4O3/c30-22(15-29-24(31)17-10-4-5-11-18(17)25(29)32)26-21(14-16-8-2-1-3-9-16)23-27-19-12-6-7-13-20(19)28-23/h1-9,12-13,17-18,21H,10-11,14-15H2,(H,26,30)(H,27,28)/t17-,18-,21-/m0/s1. The lowest BCUT2D eigenvalue weighted by molar-refractivity contribution is -0.143. The van der Waals surface area contributed by atoms with Crippen LogP contribution in [0.2, 0.25) is 0 Å². The van der Waals surface area contributed by atoms with Crippen molar-refractivity contribution in [1.29, 1.82) is 0 Å². The molecule has 1 aromatic heterocycles. The summed E-state index contributed by atoms with van der Waals surface area (Å²) >= 11 is 0. The number of para-hydroxylation sites is 2. The zero-order chi connectivity index (χ0) is 22.1. The molecule has 2 aliphatic rings. The molecule has 1 fully saturated rings. The third-order valence-electron chi connectivity index (χ3n) is 6.26. The third-order valence-corrected chi connectivity index (χ3v) is 6.26. The van der Waals surface area contributed by atoms with Gasteiger partial charge in [-0.3, -0.25) is 19.3 Å². The molecule has 2 heterocycles. The average molecular weight is 428 g/mol. The summed E-state index contributed by atoms with van der Waals surface area (Å²) in [5.41, 5.74) is 2.75. The Bertz CT molecular complexity index is 1140. The fourth-order valence-corrected chi connectivity index (χ4v) is 4.61. The number of amides is 3. The third kappa shape index (κ3) is 3.82. The Labute approximate surface area is 185 Å². The number of carbonyl (C=O) groups is 3. The van der Waals surface area contributed by atoms with E-state index in [2.05, 4.69) is 15.3 Å². The van der Waals surface area contributed by atoms with Gasteiger partial charge >= 0.3 is 0 Å². The second-order valence-electron chi connectivity index (χ2n) is 8.37. The molecule has 1 aliphatic heterocycles. The van der Waals surface area contributed by atoms with Crippen LogP contribution in [0.5, 0.6) is 0 Å². The Hall–Kier alpha value is -3.74. The number of benzene rings is 2. The fourth-order valence-electron chi connectivity index (χ4n) is 4.61. The van der Waals surface area contributed by atoms with Gasteiger partial charge in [0.15, 0.2) is 0 Å². The number of imidazole rings is 1. The highest BCUT2D eigenvalue weighted by atomic mass is 16.2. The van der Waals surface area contributed by atoms with Crippen LogP contribution in [0.15, 0.2) is 66.7 Å². The maximum Gasteiger partial charge on any atom is 0.240 e. The van der Waals surface area contributed by atoms with E-state index in [9.17, 15) is 14.4 Å². The number of fused-ring (bicyclic) bond motifs is 2. The number of nitrogens with one attached hydrogen (secondary N) is 2. The molecule has 3 amide bonds. The lowest BCUT2D eigenvalue weighted by Crippen LogP contribution is -2.42. The van der Waals surface area contributed by atoms with Crippen LogP contribution in [0.4, 0.5) is 0 Å². The first-order chi connectivity index (χ1) is 15.6. The molecular formula is C25H24N4O3. The van der Waals surface area contributed by atoms with E-state index < -0.39 is 6.04 Å². The minimum atomic E-state index is -0.422. The Morgan fingerprint density at radius 3 is 2.34 bits per heavy atom.